The van der Waals surface area contributed by atoms with Crippen molar-refractivity contribution < 1.29 is 19.4 Å². The summed E-state index contributed by atoms with van der Waals surface area (Å²) in [6.45, 7) is 3.53. The first-order chi connectivity index (χ1) is 17.9. The molecule has 192 valence electrons. The van der Waals surface area contributed by atoms with Gasteiger partial charge in [-0.25, -0.2) is 4.98 Å². The predicted molar refractivity (Wildman–Crippen MR) is 145 cm³/mol. The summed E-state index contributed by atoms with van der Waals surface area (Å²) in [5, 5.41) is 13.2. The Hall–Kier alpha value is -4.24. The number of phenols is 1. The molecule has 0 atom stereocenters. The van der Waals surface area contributed by atoms with E-state index in [9.17, 15) is 9.90 Å². The number of hydrogen-bond acceptors (Lipinski definition) is 8. The van der Waals surface area contributed by atoms with Crippen LogP contribution in [0.5, 0.6) is 11.5 Å². The lowest BCUT2D eigenvalue weighted by molar-refractivity contribution is -0.123. The molecular weight excluding hydrogens is 470 g/mol. The Morgan fingerprint density at radius 2 is 2.03 bits per heavy atom. The summed E-state index contributed by atoms with van der Waals surface area (Å²) in [5.74, 6) is 0.517. The van der Waals surface area contributed by atoms with Gasteiger partial charge in [-0.3, -0.25) is 14.8 Å². The number of aliphatic imine (C=N–C) groups is 1. The Morgan fingerprint density at radius 3 is 2.84 bits per heavy atom. The molecule has 0 saturated carbocycles. The maximum absolute atomic E-state index is 12.9. The van der Waals surface area contributed by atoms with E-state index in [1.807, 2.05) is 37.3 Å². The standard InChI is InChI=1S/C28H31N5O4/c1-4-37-11-10-33(2)28(35)27-13-19(6-5-9-29-27)12-22-18-30-25-8-7-20(16-26(25)32-22)31-21-14-23(34)17-24(15-21)36-3/h5,7-9,13-18,31,34H,4,6,10-12H2,1-3H3. The van der Waals surface area contributed by atoms with E-state index in [0.717, 1.165) is 28.0 Å². The maximum atomic E-state index is 12.9. The van der Waals surface area contributed by atoms with E-state index in [-0.39, 0.29) is 11.7 Å². The summed E-state index contributed by atoms with van der Waals surface area (Å²) in [6, 6.07) is 10.7. The van der Waals surface area contributed by atoms with Crippen LogP contribution in [0, 0.1) is 0 Å². The fourth-order valence-corrected chi connectivity index (χ4v) is 3.90. The molecular formula is C28H31N5O4. The Bertz CT molecular complexity index is 1370. The summed E-state index contributed by atoms with van der Waals surface area (Å²) in [7, 11) is 3.30. The van der Waals surface area contributed by atoms with Gasteiger partial charge in [-0.15, -0.1) is 0 Å². The highest BCUT2D eigenvalue weighted by Gasteiger charge is 2.16. The molecule has 2 N–H and O–H groups in total. The van der Waals surface area contributed by atoms with Gasteiger partial charge in [0.1, 0.15) is 17.2 Å². The molecule has 3 aromatic rings. The molecule has 9 nitrogen and oxygen atoms in total. The van der Waals surface area contributed by atoms with Crippen molar-refractivity contribution in [1.82, 2.24) is 14.9 Å². The monoisotopic (exact) mass is 501 g/mol. The van der Waals surface area contributed by atoms with Gasteiger partial charge in [-0.2, -0.15) is 0 Å². The third kappa shape index (κ3) is 6.92. The average Bonchev–Trinajstić information content (AvgIpc) is 3.13. The number of rotatable bonds is 10. The second-order valence-corrected chi connectivity index (χ2v) is 8.62. The number of carbonyl (C=O) groups excluding carboxylic acids is 1. The van der Waals surface area contributed by atoms with Crippen LogP contribution in [-0.2, 0) is 16.0 Å². The first-order valence-corrected chi connectivity index (χ1v) is 12.1. The van der Waals surface area contributed by atoms with Crippen LogP contribution in [0.3, 0.4) is 0 Å². The predicted octanol–water partition coefficient (Wildman–Crippen LogP) is 4.41. The van der Waals surface area contributed by atoms with Crippen LogP contribution in [-0.4, -0.2) is 65.5 Å². The number of anilines is 2. The zero-order valence-corrected chi connectivity index (χ0v) is 21.3. The molecule has 37 heavy (non-hydrogen) atoms. The number of allylic oxidation sites excluding steroid dienone is 2. The number of methoxy groups -OCH3 is 1. The SMILES string of the molecule is CCOCCN(C)C(=O)C1=NC=CCC(Cc2cnc3ccc(Nc4cc(O)cc(OC)c4)cc3n2)=C1. The van der Waals surface area contributed by atoms with Gasteiger partial charge in [0, 0.05) is 68.6 Å². The molecule has 0 spiro atoms. The number of aromatic nitrogens is 2. The normalized spacial score (nSPS) is 13.1. The van der Waals surface area contributed by atoms with Gasteiger partial charge < -0.3 is 24.8 Å². The van der Waals surface area contributed by atoms with E-state index < -0.39 is 0 Å². The molecule has 0 aliphatic carbocycles. The topological polar surface area (TPSA) is 109 Å². The van der Waals surface area contributed by atoms with Crippen LogP contribution >= 0.6 is 0 Å². The van der Waals surface area contributed by atoms with E-state index in [2.05, 4.69) is 15.3 Å². The van der Waals surface area contributed by atoms with Crippen molar-refractivity contribution >= 4 is 34.0 Å². The maximum Gasteiger partial charge on any atom is 0.272 e. The lowest BCUT2D eigenvalue weighted by atomic mass is 10.0. The number of aromatic hydroxyl groups is 1. The number of fused-ring (bicyclic) bond motifs is 1. The molecule has 1 aromatic heterocycles. The first-order valence-electron chi connectivity index (χ1n) is 12.1. The van der Waals surface area contributed by atoms with Crippen molar-refractivity contribution in [2.45, 2.75) is 19.8 Å². The molecule has 0 bridgehead atoms. The highest BCUT2D eigenvalue weighted by molar-refractivity contribution is 6.43. The summed E-state index contributed by atoms with van der Waals surface area (Å²) in [5.41, 5.74) is 5.21. The minimum Gasteiger partial charge on any atom is -0.508 e. The molecule has 4 rings (SSSR count). The summed E-state index contributed by atoms with van der Waals surface area (Å²) < 4.78 is 10.6. The van der Waals surface area contributed by atoms with Gasteiger partial charge in [0.05, 0.1) is 30.4 Å². The molecule has 0 fully saturated rings. The lowest BCUT2D eigenvalue weighted by Gasteiger charge is -2.17. The Kier molecular flexibility index (Phi) is 8.48. The van der Waals surface area contributed by atoms with E-state index in [1.54, 1.807) is 49.7 Å². The number of nitrogens with one attached hydrogen (secondary N) is 1. The quantitative estimate of drug-likeness (QED) is 0.396. The van der Waals surface area contributed by atoms with E-state index in [4.69, 9.17) is 14.5 Å². The number of carbonyl (C=O) groups is 1. The van der Waals surface area contributed by atoms with Crippen molar-refractivity contribution in [2.24, 2.45) is 4.99 Å². The lowest BCUT2D eigenvalue weighted by Crippen LogP contribution is -2.35. The molecule has 1 aliphatic rings. The van der Waals surface area contributed by atoms with E-state index in [0.29, 0.717) is 49.7 Å². The summed E-state index contributed by atoms with van der Waals surface area (Å²) in [6.07, 6.45) is 8.43. The summed E-state index contributed by atoms with van der Waals surface area (Å²) in [4.78, 5) is 28.2. The average molecular weight is 502 g/mol. The first kappa shape index (κ1) is 25.8. The second kappa shape index (κ2) is 12.1. The molecule has 1 aliphatic heterocycles. The van der Waals surface area contributed by atoms with Gasteiger partial charge >= 0.3 is 0 Å². The Morgan fingerprint density at radius 1 is 1.16 bits per heavy atom. The molecule has 0 unspecified atom stereocenters. The third-order valence-electron chi connectivity index (χ3n) is 5.80. The molecule has 2 heterocycles. The third-order valence-corrected chi connectivity index (χ3v) is 5.80. The van der Waals surface area contributed by atoms with Gasteiger partial charge in [-0.05, 0) is 37.6 Å². The Balaban J connectivity index is 1.51. The summed E-state index contributed by atoms with van der Waals surface area (Å²) >= 11 is 0. The number of amides is 1. The van der Waals surface area contributed by atoms with Crippen LogP contribution in [0.25, 0.3) is 11.0 Å². The number of likely N-dealkylation sites (N-methyl/N-ethyl adjacent to an activating group) is 1. The molecule has 2 aromatic carbocycles. The van der Waals surface area contributed by atoms with Crippen molar-refractivity contribution in [3.8, 4) is 11.5 Å². The minimum atomic E-state index is -0.146. The molecule has 0 radical (unpaired) electrons. The highest BCUT2D eigenvalue weighted by atomic mass is 16.5. The number of benzene rings is 2. The number of nitrogens with zero attached hydrogens (tertiary/aromatic N) is 4. The minimum absolute atomic E-state index is 0.109. The van der Waals surface area contributed by atoms with E-state index in [1.165, 1.54) is 0 Å². The van der Waals surface area contributed by atoms with E-state index >= 15 is 0 Å². The van der Waals surface area contributed by atoms with Crippen LogP contribution < -0.4 is 10.1 Å². The van der Waals surface area contributed by atoms with Crippen molar-refractivity contribution in [1.29, 1.82) is 0 Å². The highest BCUT2D eigenvalue weighted by Crippen LogP contribution is 2.28. The second-order valence-electron chi connectivity index (χ2n) is 8.62. The van der Waals surface area contributed by atoms with Gasteiger partial charge in [0.2, 0.25) is 0 Å². The van der Waals surface area contributed by atoms with Crippen LogP contribution in [0.1, 0.15) is 19.0 Å². The smallest absolute Gasteiger partial charge is 0.272 e. The fourth-order valence-electron chi connectivity index (χ4n) is 3.90. The largest absolute Gasteiger partial charge is 0.508 e. The van der Waals surface area contributed by atoms with Crippen LogP contribution in [0.2, 0.25) is 0 Å². The molecule has 9 heteroatoms. The zero-order valence-electron chi connectivity index (χ0n) is 21.3. The number of hydrogen-bond donors (Lipinski definition) is 2. The van der Waals surface area contributed by atoms with Gasteiger partial charge in [0.25, 0.3) is 5.91 Å². The van der Waals surface area contributed by atoms with Crippen LogP contribution in [0.15, 0.2) is 71.5 Å². The molecule has 0 saturated heterocycles. The van der Waals surface area contributed by atoms with Gasteiger partial charge in [-0.1, -0.05) is 11.6 Å². The zero-order chi connectivity index (χ0) is 26.2. The van der Waals surface area contributed by atoms with Crippen LogP contribution in [0.4, 0.5) is 11.4 Å². The molecule has 1 amide bonds. The number of phenolic OH excluding ortho intramolecular Hbond substituents is 1. The Labute approximate surface area is 216 Å². The van der Waals surface area contributed by atoms with Crippen molar-refractivity contribution in [2.75, 3.05) is 39.2 Å². The number of ether oxygens (including phenoxy) is 2. The van der Waals surface area contributed by atoms with Crippen molar-refractivity contribution in [3.63, 3.8) is 0 Å². The fraction of sp³-hybridized carbons (Fsp3) is 0.286. The van der Waals surface area contributed by atoms with Crippen molar-refractivity contribution in [3.05, 3.63) is 72.2 Å². The van der Waals surface area contributed by atoms with Gasteiger partial charge in [0.15, 0.2) is 0 Å².